The molecular weight excluding hydrogens is 354 g/mol. The van der Waals surface area contributed by atoms with E-state index >= 15 is 0 Å². The van der Waals surface area contributed by atoms with Crippen molar-refractivity contribution in [2.24, 2.45) is 0 Å². The first-order chi connectivity index (χ1) is 10.8. The number of amides is 1. The Balaban J connectivity index is 1.86. The molecule has 2 aromatic rings. The SMILES string of the molecule is Cc1cc(C(=O)NCCCc2cccc(Br)c2)nn1C(C)(C)C. The molecule has 124 valence electrons. The highest BCUT2D eigenvalue weighted by atomic mass is 79.9. The summed E-state index contributed by atoms with van der Waals surface area (Å²) in [5, 5.41) is 7.38. The van der Waals surface area contributed by atoms with Gasteiger partial charge in [0.1, 0.15) is 5.69 Å². The Kier molecular flexibility index (Phi) is 5.63. The molecule has 1 N–H and O–H groups in total. The summed E-state index contributed by atoms with van der Waals surface area (Å²) in [6, 6.07) is 10.1. The van der Waals surface area contributed by atoms with Crippen LogP contribution < -0.4 is 5.32 Å². The van der Waals surface area contributed by atoms with Crippen molar-refractivity contribution in [3.05, 3.63) is 51.8 Å². The van der Waals surface area contributed by atoms with Crippen LogP contribution in [0.4, 0.5) is 0 Å². The topological polar surface area (TPSA) is 46.9 Å². The highest BCUT2D eigenvalue weighted by molar-refractivity contribution is 9.10. The Morgan fingerprint density at radius 3 is 2.65 bits per heavy atom. The third-order valence-electron chi connectivity index (χ3n) is 3.57. The standard InChI is InChI=1S/C18H24BrN3O/c1-13-11-16(21-22(13)18(2,3)4)17(23)20-10-6-8-14-7-5-9-15(19)12-14/h5,7,9,11-12H,6,8,10H2,1-4H3,(H,20,23). The second-order valence-electron chi connectivity index (χ2n) is 6.74. The number of aromatic nitrogens is 2. The number of aryl methyl sites for hydroxylation is 2. The van der Waals surface area contributed by atoms with Crippen LogP contribution in [0.5, 0.6) is 0 Å². The largest absolute Gasteiger partial charge is 0.351 e. The molecule has 0 saturated carbocycles. The van der Waals surface area contributed by atoms with Crippen molar-refractivity contribution in [2.45, 2.75) is 46.1 Å². The number of rotatable bonds is 5. The van der Waals surface area contributed by atoms with E-state index in [0.717, 1.165) is 23.0 Å². The number of nitrogens with zero attached hydrogens (tertiary/aromatic N) is 2. The fourth-order valence-corrected chi connectivity index (χ4v) is 2.99. The first kappa shape index (κ1) is 17.7. The van der Waals surface area contributed by atoms with Crippen LogP contribution in [0.15, 0.2) is 34.8 Å². The molecule has 1 heterocycles. The predicted octanol–water partition coefficient (Wildman–Crippen LogP) is 4.07. The van der Waals surface area contributed by atoms with Gasteiger partial charge in [-0.15, -0.1) is 0 Å². The summed E-state index contributed by atoms with van der Waals surface area (Å²) in [7, 11) is 0. The summed E-state index contributed by atoms with van der Waals surface area (Å²) >= 11 is 3.47. The van der Waals surface area contributed by atoms with Crippen molar-refractivity contribution < 1.29 is 4.79 Å². The van der Waals surface area contributed by atoms with Gasteiger partial charge < -0.3 is 5.32 Å². The van der Waals surface area contributed by atoms with E-state index in [0.29, 0.717) is 12.2 Å². The molecule has 1 aromatic heterocycles. The molecule has 0 atom stereocenters. The fourth-order valence-electron chi connectivity index (χ4n) is 2.54. The summed E-state index contributed by atoms with van der Waals surface area (Å²) in [5.41, 5.74) is 2.63. The Labute approximate surface area is 146 Å². The van der Waals surface area contributed by atoms with Crippen LogP contribution in [0.2, 0.25) is 0 Å². The van der Waals surface area contributed by atoms with Gasteiger partial charge >= 0.3 is 0 Å². The fraction of sp³-hybridized carbons (Fsp3) is 0.444. The average molecular weight is 378 g/mol. The van der Waals surface area contributed by atoms with Crippen LogP contribution in [0.3, 0.4) is 0 Å². The number of nitrogens with one attached hydrogen (secondary N) is 1. The van der Waals surface area contributed by atoms with Crippen LogP contribution in [0, 0.1) is 6.92 Å². The van der Waals surface area contributed by atoms with Crippen molar-refractivity contribution >= 4 is 21.8 Å². The molecule has 0 fully saturated rings. The van der Waals surface area contributed by atoms with Crippen molar-refractivity contribution in [2.75, 3.05) is 6.54 Å². The molecule has 1 amide bonds. The van der Waals surface area contributed by atoms with Gasteiger partial charge in [-0.2, -0.15) is 5.10 Å². The number of benzene rings is 1. The number of hydrogen-bond donors (Lipinski definition) is 1. The van der Waals surface area contributed by atoms with Gasteiger partial charge in [0.25, 0.3) is 5.91 Å². The summed E-state index contributed by atoms with van der Waals surface area (Å²) in [6.45, 7) is 8.85. The van der Waals surface area contributed by atoms with Crippen LogP contribution >= 0.6 is 15.9 Å². The van der Waals surface area contributed by atoms with Crippen molar-refractivity contribution in [3.63, 3.8) is 0 Å². The van der Waals surface area contributed by atoms with E-state index in [1.165, 1.54) is 5.56 Å². The molecule has 23 heavy (non-hydrogen) atoms. The molecule has 4 nitrogen and oxygen atoms in total. The van der Waals surface area contributed by atoms with E-state index < -0.39 is 0 Å². The van der Waals surface area contributed by atoms with Crippen molar-refractivity contribution in [1.82, 2.24) is 15.1 Å². The Hall–Kier alpha value is -1.62. The minimum Gasteiger partial charge on any atom is -0.351 e. The minimum atomic E-state index is -0.122. The Morgan fingerprint density at radius 2 is 2.04 bits per heavy atom. The van der Waals surface area contributed by atoms with E-state index in [4.69, 9.17) is 0 Å². The first-order valence-corrected chi connectivity index (χ1v) is 8.66. The molecule has 0 radical (unpaired) electrons. The van der Waals surface area contributed by atoms with Crippen LogP contribution in [-0.2, 0) is 12.0 Å². The smallest absolute Gasteiger partial charge is 0.271 e. The van der Waals surface area contributed by atoms with Gasteiger partial charge in [0, 0.05) is 16.7 Å². The maximum absolute atomic E-state index is 12.2. The lowest BCUT2D eigenvalue weighted by Gasteiger charge is -2.21. The summed E-state index contributed by atoms with van der Waals surface area (Å²) < 4.78 is 2.98. The summed E-state index contributed by atoms with van der Waals surface area (Å²) in [4.78, 5) is 12.2. The van der Waals surface area contributed by atoms with Gasteiger partial charge in [-0.25, -0.2) is 0 Å². The zero-order valence-corrected chi connectivity index (χ0v) is 15.8. The van der Waals surface area contributed by atoms with E-state index in [1.807, 2.05) is 29.8 Å². The van der Waals surface area contributed by atoms with Gasteiger partial charge in [-0.3, -0.25) is 9.48 Å². The molecule has 1 aromatic carbocycles. The Morgan fingerprint density at radius 1 is 1.30 bits per heavy atom. The van der Waals surface area contributed by atoms with Gasteiger partial charge in [0.15, 0.2) is 0 Å². The molecule has 5 heteroatoms. The molecule has 2 rings (SSSR count). The normalized spacial score (nSPS) is 11.5. The quantitative estimate of drug-likeness (QED) is 0.798. The second-order valence-corrected chi connectivity index (χ2v) is 7.66. The lowest BCUT2D eigenvalue weighted by atomic mass is 10.1. The van der Waals surface area contributed by atoms with E-state index in [2.05, 4.69) is 59.2 Å². The highest BCUT2D eigenvalue weighted by Gasteiger charge is 2.19. The minimum absolute atomic E-state index is 0.106. The van der Waals surface area contributed by atoms with Crippen molar-refractivity contribution in [3.8, 4) is 0 Å². The molecule has 0 aliphatic carbocycles. The zero-order chi connectivity index (χ0) is 17.0. The van der Waals surface area contributed by atoms with Crippen molar-refractivity contribution in [1.29, 1.82) is 0 Å². The molecule has 0 unspecified atom stereocenters. The van der Waals surface area contributed by atoms with E-state index in [1.54, 1.807) is 0 Å². The molecular formula is C18H24BrN3O. The predicted molar refractivity (Wildman–Crippen MR) is 96.8 cm³/mol. The third-order valence-corrected chi connectivity index (χ3v) is 4.07. The number of hydrogen-bond acceptors (Lipinski definition) is 2. The zero-order valence-electron chi connectivity index (χ0n) is 14.2. The summed E-state index contributed by atoms with van der Waals surface area (Å²) in [5.74, 6) is -0.106. The lowest BCUT2D eigenvalue weighted by molar-refractivity contribution is 0.0946. The van der Waals surface area contributed by atoms with E-state index in [-0.39, 0.29) is 11.4 Å². The van der Waals surface area contributed by atoms with Gasteiger partial charge in [0.2, 0.25) is 0 Å². The molecule has 0 aliphatic heterocycles. The van der Waals surface area contributed by atoms with Crippen LogP contribution in [-0.4, -0.2) is 22.2 Å². The number of halogens is 1. The van der Waals surface area contributed by atoms with Gasteiger partial charge in [0.05, 0.1) is 5.54 Å². The first-order valence-electron chi connectivity index (χ1n) is 7.87. The number of carbonyl (C=O) groups excluding carboxylic acids is 1. The molecule has 0 saturated heterocycles. The molecule has 0 bridgehead atoms. The average Bonchev–Trinajstić information content (AvgIpc) is 2.86. The molecule has 0 spiro atoms. The lowest BCUT2D eigenvalue weighted by Crippen LogP contribution is -2.27. The Bertz CT molecular complexity index is 686. The third kappa shape index (κ3) is 4.93. The van der Waals surface area contributed by atoms with Crippen LogP contribution in [0.25, 0.3) is 0 Å². The van der Waals surface area contributed by atoms with Gasteiger partial charge in [-0.1, -0.05) is 28.1 Å². The maximum atomic E-state index is 12.2. The maximum Gasteiger partial charge on any atom is 0.271 e. The van der Waals surface area contributed by atoms with Crippen LogP contribution in [0.1, 0.15) is 48.9 Å². The second kappa shape index (κ2) is 7.30. The van der Waals surface area contributed by atoms with E-state index in [9.17, 15) is 4.79 Å². The highest BCUT2D eigenvalue weighted by Crippen LogP contribution is 2.17. The monoisotopic (exact) mass is 377 g/mol. The van der Waals surface area contributed by atoms with Gasteiger partial charge in [-0.05, 0) is 64.3 Å². The summed E-state index contributed by atoms with van der Waals surface area (Å²) in [6.07, 6.45) is 1.84. The number of carbonyl (C=O) groups is 1. The molecule has 0 aliphatic rings.